The van der Waals surface area contributed by atoms with Gasteiger partial charge in [-0.05, 0) is 19.9 Å². The number of nitrogens with zero attached hydrogens (tertiary/aromatic N) is 1. The summed E-state index contributed by atoms with van der Waals surface area (Å²) in [4.78, 5) is 19.8. The number of aromatic nitrogens is 2. The average Bonchev–Trinajstić information content (AvgIpc) is 2.75. The molecule has 16 heavy (non-hydrogen) atoms. The molecule has 2 aromatic heterocycles. The van der Waals surface area contributed by atoms with Gasteiger partial charge in [0.1, 0.15) is 5.69 Å². The van der Waals surface area contributed by atoms with Crippen LogP contribution in [0.3, 0.4) is 0 Å². The number of H-pyrrole nitrogens is 1. The van der Waals surface area contributed by atoms with Crippen LogP contribution in [-0.4, -0.2) is 15.9 Å². The summed E-state index contributed by atoms with van der Waals surface area (Å²) in [5, 5.41) is 3.83. The number of rotatable bonds is 2. The molecule has 2 aromatic rings. The van der Waals surface area contributed by atoms with Crippen LogP contribution in [0.4, 0.5) is 5.13 Å². The molecule has 0 unspecified atom stereocenters. The summed E-state index contributed by atoms with van der Waals surface area (Å²) in [6, 6.07) is 1.57. The Morgan fingerprint density at radius 2 is 2.31 bits per heavy atom. The van der Waals surface area contributed by atoms with Gasteiger partial charge in [0.2, 0.25) is 0 Å². The number of carbonyl (C=O) groups is 1. The van der Waals surface area contributed by atoms with E-state index in [1.807, 2.05) is 13.8 Å². The van der Waals surface area contributed by atoms with Gasteiger partial charge in [0.05, 0.1) is 10.7 Å². The van der Waals surface area contributed by atoms with Crippen LogP contribution in [0.15, 0.2) is 12.3 Å². The molecule has 84 valence electrons. The highest BCUT2D eigenvalue weighted by Gasteiger charge is 2.11. The van der Waals surface area contributed by atoms with E-state index in [2.05, 4.69) is 15.3 Å². The maximum Gasteiger partial charge on any atom is 0.273 e. The maximum absolute atomic E-state index is 11.7. The van der Waals surface area contributed by atoms with E-state index in [9.17, 15) is 4.79 Å². The maximum atomic E-state index is 11.7. The number of aryl methyl sites for hydroxylation is 2. The van der Waals surface area contributed by atoms with Crippen LogP contribution in [0.2, 0.25) is 5.02 Å². The summed E-state index contributed by atoms with van der Waals surface area (Å²) in [5.41, 5.74) is 1.36. The fraction of sp³-hybridized carbons (Fsp3) is 0.200. The Kier molecular flexibility index (Phi) is 2.98. The van der Waals surface area contributed by atoms with Crippen molar-refractivity contribution in [2.24, 2.45) is 0 Å². The summed E-state index contributed by atoms with van der Waals surface area (Å²) < 4.78 is 0. The lowest BCUT2D eigenvalue weighted by Crippen LogP contribution is -2.11. The fourth-order valence-electron chi connectivity index (χ4n) is 1.19. The van der Waals surface area contributed by atoms with E-state index in [0.717, 1.165) is 10.6 Å². The molecule has 2 heterocycles. The Labute approximate surface area is 102 Å². The Bertz CT molecular complexity index is 512. The second-order valence-electron chi connectivity index (χ2n) is 3.35. The number of anilines is 1. The minimum absolute atomic E-state index is 0.236. The van der Waals surface area contributed by atoms with Crippen LogP contribution in [0, 0.1) is 13.8 Å². The lowest BCUT2D eigenvalue weighted by atomic mass is 10.4. The molecule has 2 rings (SSSR count). The molecular weight excluding hydrogens is 246 g/mol. The van der Waals surface area contributed by atoms with E-state index in [4.69, 9.17) is 11.6 Å². The number of amides is 1. The molecular formula is C10H10ClN3OS. The van der Waals surface area contributed by atoms with Gasteiger partial charge in [-0.25, -0.2) is 4.98 Å². The Morgan fingerprint density at radius 3 is 2.81 bits per heavy atom. The van der Waals surface area contributed by atoms with Gasteiger partial charge < -0.3 is 4.98 Å². The van der Waals surface area contributed by atoms with Gasteiger partial charge >= 0.3 is 0 Å². The number of hydrogen-bond acceptors (Lipinski definition) is 3. The average molecular weight is 256 g/mol. The first-order valence-electron chi connectivity index (χ1n) is 4.65. The van der Waals surface area contributed by atoms with Crippen LogP contribution in [-0.2, 0) is 0 Å². The van der Waals surface area contributed by atoms with Crippen molar-refractivity contribution in [3.05, 3.63) is 33.6 Å². The fourth-order valence-corrected chi connectivity index (χ4v) is 2.16. The Balaban J connectivity index is 2.13. The standard InChI is InChI=1S/C10H10ClN3OS/c1-5-6(2)16-10(13-5)14-9(15)8-3-7(11)4-12-8/h3-4,12H,1-2H3,(H,13,14,15). The van der Waals surface area contributed by atoms with Crippen molar-refractivity contribution >= 4 is 34.0 Å². The van der Waals surface area contributed by atoms with Crippen LogP contribution < -0.4 is 5.32 Å². The van der Waals surface area contributed by atoms with Crippen molar-refractivity contribution < 1.29 is 4.79 Å². The van der Waals surface area contributed by atoms with E-state index in [1.165, 1.54) is 11.3 Å². The summed E-state index contributed by atoms with van der Waals surface area (Å²) in [5.74, 6) is -0.236. The molecule has 0 aromatic carbocycles. The first-order chi connectivity index (χ1) is 7.56. The highest BCUT2D eigenvalue weighted by Crippen LogP contribution is 2.21. The summed E-state index contributed by atoms with van der Waals surface area (Å²) >= 11 is 7.17. The van der Waals surface area contributed by atoms with Crippen molar-refractivity contribution in [2.75, 3.05) is 5.32 Å². The second-order valence-corrected chi connectivity index (χ2v) is 4.99. The van der Waals surface area contributed by atoms with Gasteiger partial charge in [-0.2, -0.15) is 0 Å². The highest BCUT2D eigenvalue weighted by atomic mass is 35.5. The molecule has 0 aliphatic heterocycles. The van der Waals surface area contributed by atoms with Gasteiger partial charge in [0.25, 0.3) is 5.91 Å². The predicted octanol–water partition coefficient (Wildman–Crippen LogP) is 2.99. The lowest BCUT2D eigenvalue weighted by Gasteiger charge is -1.97. The zero-order chi connectivity index (χ0) is 11.7. The number of hydrogen-bond donors (Lipinski definition) is 2. The molecule has 0 atom stereocenters. The van der Waals surface area contributed by atoms with Crippen molar-refractivity contribution in [1.29, 1.82) is 0 Å². The van der Waals surface area contributed by atoms with Crippen LogP contribution in [0.25, 0.3) is 0 Å². The normalized spacial score (nSPS) is 10.4. The molecule has 0 spiro atoms. The first-order valence-corrected chi connectivity index (χ1v) is 5.85. The Morgan fingerprint density at radius 1 is 1.56 bits per heavy atom. The number of carbonyl (C=O) groups excluding carboxylic acids is 1. The third kappa shape index (κ3) is 2.25. The summed E-state index contributed by atoms with van der Waals surface area (Å²) in [6.45, 7) is 3.88. The third-order valence-electron chi connectivity index (χ3n) is 2.14. The van der Waals surface area contributed by atoms with Gasteiger partial charge in [-0.1, -0.05) is 11.6 Å². The zero-order valence-corrected chi connectivity index (χ0v) is 10.4. The molecule has 0 saturated carbocycles. The van der Waals surface area contributed by atoms with Crippen LogP contribution in [0.5, 0.6) is 0 Å². The van der Waals surface area contributed by atoms with E-state index in [1.54, 1.807) is 12.3 Å². The first kappa shape index (κ1) is 11.2. The van der Waals surface area contributed by atoms with E-state index in [0.29, 0.717) is 15.8 Å². The quantitative estimate of drug-likeness (QED) is 0.867. The summed E-state index contributed by atoms with van der Waals surface area (Å²) in [6.07, 6.45) is 1.56. The lowest BCUT2D eigenvalue weighted by molar-refractivity contribution is 0.102. The van der Waals surface area contributed by atoms with Crippen molar-refractivity contribution in [2.45, 2.75) is 13.8 Å². The monoisotopic (exact) mass is 255 g/mol. The molecule has 1 amide bonds. The smallest absolute Gasteiger partial charge is 0.273 e. The second kappa shape index (κ2) is 4.27. The molecule has 0 aliphatic carbocycles. The molecule has 4 nitrogen and oxygen atoms in total. The van der Waals surface area contributed by atoms with Crippen LogP contribution >= 0.6 is 22.9 Å². The van der Waals surface area contributed by atoms with E-state index >= 15 is 0 Å². The molecule has 2 N–H and O–H groups in total. The highest BCUT2D eigenvalue weighted by molar-refractivity contribution is 7.15. The molecule has 6 heteroatoms. The van der Waals surface area contributed by atoms with Crippen molar-refractivity contribution in [1.82, 2.24) is 9.97 Å². The minimum Gasteiger partial charge on any atom is -0.356 e. The van der Waals surface area contributed by atoms with Gasteiger partial charge in [0.15, 0.2) is 5.13 Å². The summed E-state index contributed by atoms with van der Waals surface area (Å²) in [7, 11) is 0. The van der Waals surface area contributed by atoms with Gasteiger partial charge in [0, 0.05) is 11.1 Å². The number of aromatic amines is 1. The Hall–Kier alpha value is -1.33. The number of halogens is 1. The molecule has 0 aliphatic rings. The zero-order valence-electron chi connectivity index (χ0n) is 8.80. The van der Waals surface area contributed by atoms with Gasteiger partial charge in [-0.15, -0.1) is 11.3 Å². The number of nitrogens with one attached hydrogen (secondary N) is 2. The van der Waals surface area contributed by atoms with Gasteiger partial charge in [-0.3, -0.25) is 10.1 Å². The van der Waals surface area contributed by atoms with Crippen molar-refractivity contribution in [3.63, 3.8) is 0 Å². The van der Waals surface area contributed by atoms with Crippen LogP contribution in [0.1, 0.15) is 21.1 Å². The molecule has 0 bridgehead atoms. The minimum atomic E-state index is -0.236. The number of thiazole rings is 1. The molecule has 0 radical (unpaired) electrons. The predicted molar refractivity (Wildman–Crippen MR) is 65.3 cm³/mol. The SMILES string of the molecule is Cc1nc(NC(=O)c2cc(Cl)c[nH]2)sc1C. The van der Waals surface area contributed by atoms with E-state index < -0.39 is 0 Å². The molecule has 0 fully saturated rings. The van der Waals surface area contributed by atoms with Crippen molar-refractivity contribution in [3.8, 4) is 0 Å². The largest absolute Gasteiger partial charge is 0.356 e. The topological polar surface area (TPSA) is 57.8 Å². The van der Waals surface area contributed by atoms with E-state index in [-0.39, 0.29) is 5.91 Å². The third-order valence-corrected chi connectivity index (χ3v) is 3.35. The molecule has 0 saturated heterocycles.